The summed E-state index contributed by atoms with van der Waals surface area (Å²) in [5, 5.41) is 2.79. The van der Waals surface area contributed by atoms with Gasteiger partial charge in [-0.1, -0.05) is 9.24 Å². The minimum Gasteiger partial charge on any atom is -0.357 e. The standard InChI is InChI=1S/C4H7N4P/c1-5-3-6-2-7-4(9)8-3/h2H,9H2,1H3,(H,5,6,7,8). The molecule has 1 N–H and O–H groups in total. The van der Waals surface area contributed by atoms with E-state index >= 15 is 0 Å². The third kappa shape index (κ3) is 1.57. The molecule has 1 unspecified atom stereocenters. The monoisotopic (exact) mass is 142 g/mol. The molecule has 0 saturated carbocycles. The highest BCUT2D eigenvalue weighted by molar-refractivity contribution is 7.26. The topological polar surface area (TPSA) is 50.7 Å². The molecule has 1 rings (SSSR count). The van der Waals surface area contributed by atoms with Crippen LogP contribution in [-0.2, 0) is 0 Å². The zero-order valence-electron chi connectivity index (χ0n) is 5.00. The summed E-state index contributed by atoms with van der Waals surface area (Å²) < 4.78 is 0. The molecule has 0 bridgehead atoms. The second-order valence-corrected chi connectivity index (χ2v) is 1.93. The molecule has 0 aliphatic rings. The summed E-state index contributed by atoms with van der Waals surface area (Å²) in [4.78, 5) is 11.5. The van der Waals surface area contributed by atoms with Crippen molar-refractivity contribution in [2.24, 2.45) is 0 Å². The fraction of sp³-hybridized carbons (Fsp3) is 0.250. The van der Waals surface area contributed by atoms with E-state index in [1.807, 2.05) is 0 Å². The Morgan fingerprint density at radius 2 is 2.33 bits per heavy atom. The molecule has 1 atom stereocenters. The molecule has 0 radical (unpaired) electrons. The molecule has 0 amide bonds. The van der Waals surface area contributed by atoms with Gasteiger partial charge in [0.1, 0.15) is 11.9 Å². The second kappa shape index (κ2) is 2.69. The Hall–Kier alpha value is -0.760. The molecule has 0 aliphatic carbocycles. The van der Waals surface area contributed by atoms with Crippen molar-refractivity contribution in [3.8, 4) is 0 Å². The van der Waals surface area contributed by atoms with Gasteiger partial charge in [-0.2, -0.15) is 4.98 Å². The summed E-state index contributed by atoms with van der Waals surface area (Å²) in [5.74, 6) is 0.593. The predicted octanol–water partition coefficient (Wildman–Crippen LogP) is -0.586. The lowest BCUT2D eigenvalue weighted by Crippen LogP contribution is -2.07. The molecule has 48 valence electrons. The van der Waals surface area contributed by atoms with Gasteiger partial charge in [-0.3, -0.25) is 0 Å². The van der Waals surface area contributed by atoms with Crippen molar-refractivity contribution in [2.75, 3.05) is 12.4 Å². The van der Waals surface area contributed by atoms with Crippen LogP contribution in [0, 0.1) is 0 Å². The summed E-state index contributed by atoms with van der Waals surface area (Å²) in [6.07, 6.45) is 1.46. The minimum atomic E-state index is 0.593. The molecule has 1 aromatic heterocycles. The number of aromatic nitrogens is 3. The van der Waals surface area contributed by atoms with Gasteiger partial charge < -0.3 is 5.32 Å². The van der Waals surface area contributed by atoms with Crippen LogP contribution < -0.4 is 10.9 Å². The van der Waals surface area contributed by atoms with E-state index in [1.54, 1.807) is 7.05 Å². The van der Waals surface area contributed by atoms with Crippen LogP contribution in [0.2, 0.25) is 0 Å². The largest absolute Gasteiger partial charge is 0.357 e. The fourth-order valence-corrected chi connectivity index (χ4v) is 0.618. The van der Waals surface area contributed by atoms with Crippen LogP contribution >= 0.6 is 9.24 Å². The van der Waals surface area contributed by atoms with Crippen molar-refractivity contribution in [2.45, 2.75) is 0 Å². The van der Waals surface area contributed by atoms with Gasteiger partial charge in [0, 0.05) is 7.05 Å². The molecule has 0 aromatic carbocycles. The van der Waals surface area contributed by atoms with E-state index in [9.17, 15) is 0 Å². The first-order valence-electron chi connectivity index (χ1n) is 2.45. The molecule has 0 aliphatic heterocycles. The van der Waals surface area contributed by atoms with Gasteiger partial charge in [0.2, 0.25) is 5.95 Å². The highest BCUT2D eigenvalue weighted by Crippen LogP contribution is 1.88. The van der Waals surface area contributed by atoms with Gasteiger partial charge in [0.25, 0.3) is 0 Å². The average molecular weight is 142 g/mol. The van der Waals surface area contributed by atoms with Crippen LogP contribution in [0.3, 0.4) is 0 Å². The Labute approximate surface area is 55.3 Å². The highest BCUT2D eigenvalue weighted by atomic mass is 31.0. The van der Waals surface area contributed by atoms with Gasteiger partial charge >= 0.3 is 0 Å². The van der Waals surface area contributed by atoms with E-state index in [0.29, 0.717) is 11.5 Å². The van der Waals surface area contributed by atoms with Gasteiger partial charge in [-0.25, -0.2) is 9.97 Å². The highest BCUT2D eigenvalue weighted by Gasteiger charge is 1.89. The summed E-state index contributed by atoms with van der Waals surface area (Å²) in [6, 6.07) is 0. The summed E-state index contributed by atoms with van der Waals surface area (Å²) >= 11 is 0. The number of hydrogen-bond donors (Lipinski definition) is 1. The van der Waals surface area contributed by atoms with Crippen molar-refractivity contribution < 1.29 is 0 Å². The maximum atomic E-state index is 3.92. The van der Waals surface area contributed by atoms with Crippen molar-refractivity contribution in [1.29, 1.82) is 0 Å². The second-order valence-electron chi connectivity index (χ2n) is 1.42. The first kappa shape index (κ1) is 6.36. The van der Waals surface area contributed by atoms with E-state index in [1.165, 1.54) is 6.33 Å². The Bertz CT molecular complexity index is 202. The van der Waals surface area contributed by atoms with Gasteiger partial charge in [0.05, 0.1) is 0 Å². The van der Waals surface area contributed by atoms with Crippen LogP contribution in [0.4, 0.5) is 5.95 Å². The van der Waals surface area contributed by atoms with Gasteiger partial charge in [-0.05, 0) is 0 Å². The molecule has 1 aromatic rings. The van der Waals surface area contributed by atoms with Crippen LogP contribution in [-0.4, -0.2) is 22.0 Å². The Morgan fingerprint density at radius 3 is 2.78 bits per heavy atom. The zero-order chi connectivity index (χ0) is 6.69. The zero-order valence-corrected chi connectivity index (χ0v) is 6.15. The molecule has 1 heterocycles. The van der Waals surface area contributed by atoms with Crippen LogP contribution in [0.15, 0.2) is 6.33 Å². The quantitative estimate of drug-likeness (QED) is 0.532. The third-order valence-corrected chi connectivity index (χ3v) is 1.09. The van der Waals surface area contributed by atoms with E-state index in [0.717, 1.165) is 0 Å². The van der Waals surface area contributed by atoms with Crippen molar-refractivity contribution in [3.05, 3.63) is 6.33 Å². The lowest BCUT2D eigenvalue weighted by Gasteiger charge is -1.94. The molecule has 0 saturated heterocycles. The number of hydrogen-bond acceptors (Lipinski definition) is 4. The van der Waals surface area contributed by atoms with Crippen LogP contribution in [0.1, 0.15) is 0 Å². The van der Waals surface area contributed by atoms with Crippen LogP contribution in [0.25, 0.3) is 0 Å². The average Bonchev–Trinajstić information content (AvgIpc) is 1.88. The van der Waals surface area contributed by atoms with E-state index < -0.39 is 0 Å². The predicted molar refractivity (Wildman–Crippen MR) is 38.7 cm³/mol. The number of nitrogens with one attached hydrogen (secondary N) is 1. The summed E-state index contributed by atoms with van der Waals surface area (Å²) in [7, 11) is 4.15. The summed E-state index contributed by atoms with van der Waals surface area (Å²) in [5.41, 5.74) is 0.648. The van der Waals surface area contributed by atoms with Crippen molar-refractivity contribution in [3.63, 3.8) is 0 Å². The fourth-order valence-electron chi connectivity index (χ4n) is 0.429. The molecular formula is C4H7N4P. The molecule has 0 fully saturated rings. The Balaban J connectivity index is 2.94. The molecule has 4 nitrogen and oxygen atoms in total. The number of nitrogens with zero attached hydrogens (tertiary/aromatic N) is 3. The summed E-state index contributed by atoms with van der Waals surface area (Å²) in [6.45, 7) is 0. The molecule has 5 heteroatoms. The first-order chi connectivity index (χ1) is 4.33. The van der Waals surface area contributed by atoms with E-state index in [4.69, 9.17) is 0 Å². The Morgan fingerprint density at radius 1 is 1.56 bits per heavy atom. The molecular weight excluding hydrogens is 135 g/mol. The van der Waals surface area contributed by atoms with Gasteiger partial charge in [0.15, 0.2) is 0 Å². The van der Waals surface area contributed by atoms with Gasteiger partial charge in [-0.15, -0.1) is 0 Å². The van der Waals surface area contributed by atoms with E-state index in [2.05, 4.69) is 29.5 Å². The Kier molecular flexibility index (Phi) is 1.90. The van der Waals surface area contributed by atoms with Crippen molar-refractivity contribution >= 4 is 20.8 Å². The minimum absolute atomic E-state index is 0.593. The SMILES string of the molecule is CNc1ncnc(P)n1. The van der Waals surface area contributed by atoms with Crippen molar-refractivity contribution in [1.82, 2.24) is 15.0 Å². The number of anilines is 1. The lowest BCUT2D eigenvalue weighted by atomic mass is 10.9. The number of rotatable bonds is 1. The van der Waals surface area contributed by atoms with E-state index in [-0.39, 0.29) is 0 Å². The molecule has 9 heavy (non-hydrogen) atoms. The maximum absolute atomic E-state index is 3.92. The maximum Gasteiger partial charge on any atom is 0.225 e. The normalized spacial score (nSPS) is 9.11. The molecule has 0 spiro atoms. The first-order valence-corrected chi connectivity index (χ1v) is 3.03. The van der Waals surface area contributed by atoms with Crippen LogP contribution in [0.5, 0.6) is 0 Å². The smallest absolute Gasteiger partial charge is 0.225 e. The third-order valence-electron chi connectivity index (χ3n) is 0.814. The lowest BCUT2D eigenvalue weighted by molar-refractivity contribution is 1.09.